The maximum absolute atomic E-state index is 7.10. The molecule has 0 unspecified atom stereocenters. The van der Waals surface area contributed by atoms with Crippen molar-refractivity contribution in [3.63, 3.8) is 0 Å². The molecule has 10 aromatic carbocycles. The van der Waals surface area contributed by atoms with E-state index < -0.39 is 0 Å². The molecule has 0 aliphatic heterocycles. The molecule has 1 nitrogen and oxygen atoms in total. The second-order valence-electron chi connectivity index (χ2n) is 16.0. The Morgan fingerprint density at radius 1 is 0.357 bits per heavy atom. The smallest absolute Gasteiger partial charge is 0.143 e. The number of fused-ring (bicyclic) bond motifs is 12. The summed E-state index contributed by atoms with van der Waals surface area (Å²) in [6.07, 6.45) is 0. The fourth-order valence-corrected chi connectivity index (χ4v) is 10.0. The molecule has 0 spiro atoms. The van der Waals surface area contributed by atoms with E-state index in [4.69, 9.17) is 4.42 Å². The van der Waals surface area contributed by atoms with Gasteiger partial charge in [-0.2, -0.15) is 0 Å². The number of hydrogen-bond donors (Lipinski definition) is 0. The average Bonchev–Trinajstić information content (AvgIpc) is 3.75. The van der Waals surface area contributed by atoms with Crippen molar-refractivity contribution < 1.29 is 4.42 Å². The van der Waals surface area contributed by atoms with Crippen molar-refractivity contribution in [2.24, 2.45) is 0 Å². The van der Waals surface area contributed by atoms with Gasteiger partial charge in [0.15, 0.2) is 0 Å². The second kappa shape index (κ2) is 11.5. The zero-order chi connectivity index (χ0) is 37.1. The Bertz CT molecular complexity index is 3370. The summed E-state index contributed by atoms with van der Waals surface area (Å²) in [5.74, 6) is 0. The van der Waals surface area contributed by atoms with Gasteiger partial charge in [0.1, 0.15) is 11.2 Å². The lowest BCUT2D eigenvalue weighted by Crippen LogP contribution is -2.15. The van der Waals surface area contributed by atoms with E-state index in [-0.39, 0.29) is 5.41 Å². The van der Waals surface area contributed by atoms with Crippen LogP contribution in [-0.4, -0.2) is 0 Å². The minimum absolute atomic E-state index is 0.197. The summed E-state index contributed by atoms with van der Waals surface area (Å²) in [5, 5.41) is 12.2. The zero-order valence-electron chi connectivity index (χ0n) is 31.2. The number of furan rings is 1. The highest BCUT2D eigenvalue weighted by atomic mass is 16.3. The van der Waals surface area contributed by atoms with Gasteiger partial charge in [0, 0.05) is 27.1 Å². The molecule has 1 aromatic heterocycles. The van der Waals surface area contributed by atoms with Crippen molar-refractivity contribution in [1.29, 1.82) is 0 Å². The summed E-state index contributed by atoms with van der Waals surface area (Å²) < 4.78 is 7.10. The SMILES string of the molecule is CC1(C)c2ccccc2-c2cc(-c3ccc(-c4c5ccccc5c(-c5ccc6ccccc6c5)c5ccccc45)cc3)c3c(oc4c5ccccc5ccc43)c21. The van der Waals surface area contributed by atoms with Crippen molar-refractivity contribution >= 4 is 65.0 Å². The van der Waals surface area contributed by atoms with Crippen LogP contribution in [0.1, 0.15) is 25.0 Å². The molecule has 0 fully saturated rings. The molecule has 12 rings (SSSR count). The standard InChI is InChI=1S/C55H36O/c1-55(2)48-22-12-11-17-40(48)47-32-46(51-45-30-29-34-14-5-6-16-39(34)53(45)56-54(51)52(47)55)35-24-26-36(27-25-35)49-41-18-7-9-20-43(41)50(44-21-10-8-19-42(44)49)38-28-23-33-13-3-4-15-37(33)31-38/h3-32H,1-2H3. The van der Waals surface area contributed by atoms with Crippen LogP contribution in [-0.2, 0) is 5.41 Å². The Balaban J connectivity index is 1.10. The summed E-state index contributed by atoms with van der Waals surface area (Å²) in [6.45, 7) is 4.69. The van der Waals surface area contributed by atoms with Gasteiger partial charge < -0.3 is 4.42 Å². The predicted octanol–water partition coefficient (Wildman–Crippen LogP) is 15.5. The summed E-state index contributed by atoms with van der Waals surface area (Å²) in [6, 6.07) is 67.1. The largest absolute Gasteiger partial charge is 0.455 e. The van der Waals surface area contributed by atoms with E-state index in [1.165, 1.54) is 98.7 Å². The Morgan fingerprint density at radius 2 is 0.893 bits per heavy atom. The number of hydrogen-bond acceptors (Lipinski definition) is 1. The minimum atomic E-state index is -0.197. The van der Waals surface area contributed by atoms with Crippen LogP contribution in [0.15, 0.2) is 186 Å². The molecule has 11 aromatic rings. The lowest BCUT2D eigenvalue weighted by atomic mass is 9.81. The highest BCUT2D eigenvalue weighted by Crippen LogP contribution is 2.55. The highest BCUT2D eigenvalue weighted by Gasteiger charge is 2.39. The van der Waals surface area contributed by atoms with Gasteiger partial charge in [0.2, 0.25) is 0 Å². The first-order valence-corrected chi connectivity index (χ1v) is 19.6. The third-order valence-corrected chi connectivity index (χ3v) is 12.6. The summed E-state index contributed by atoms with van der Waals surface area (Å²) >= 11 is 0. The van der Waals surface area contributed by atoms with Crippen molar-refractivity contribution in [3.8, 4) is 44.5 Å². The first-order valence-electron chi connectivity index (χ1n) is 19.6. The lowest BCUT2D eigenvalue weighted by Gasteiger charge is -2.22. The monoisotopic (exact) mass is 712 g/mol. The lowest BCUT2D eigenvalue weighted by molar-refractivity contribution is 0.621. The maximum Gasteiger partial charge on any atom is 0.143 e. The number of rotatable bonds is 3. The van der Waals surface area contributed by atoms with Crippen LogP contribution in [0.3, 0.4) is 0 Å². The van der Waals surface area contributed by atoms with E-state index in [2.05, 4.69) is 196 Å². The fraction of sp³-hybridized carbons (Fsp3) is 0.0545. The summed E-state index contributed by atoms with van der Waals surface area (Å²) in [4.78, 5) is 0. The third kappa shape index (κ3) is 4.31. The van der Waals surface area contributed by atoms with E-state index in [0.717, 1.165) is 21.9 Å². The summed E-state index contributed by atoms with van der Waals surface area (Å²) in [7, 11) is 0. The molecule has 0 saturated heterocycles. The van der Waals surface area contributed by atoms with Crippen LogP contribution in [0.4, 0.5) is 0 Å². The normalized spacial score (nSPS) is 13.3. The van der Waals surface area contributed by atoms with Gasteiger partial charge in [-0.1, -0.05) is 178 Å². The van der Waals surface area contributed by atoms with Gasteiger partial charge in [-0.05, 0) is 106 Å². The van der Waals surface area contributed by atoms with Gasteiger partial charge in [0.25, 0.3) is 0 Å². The molecule has 0 radical (unpaired) electrons. The Labute approximate surface area is 325 Å². The summed E-state index contributed by atoms with van der Waals surface area (Å²) in [5.41, 5.74) is 14.3. The van der Waals surface area contributed by atoms with Gasteiger partial charge in [-0.15, -0.1) is 0 Å². The van der Waals surface area contributed by atoms with Crippen LogP contribution in [0.2, 0.25) is 0 Å². The molecule has 1 heterocycles. The molecule has 1 aliphatic rings. The van der Waals surface area contributed by atoms with Gasteiger partial charge in [0.05, 0.1) is 0 Å². The molecule has 0 atom stereocenters. The van der Waals surface area contributed by atoms with Gasteiger partial charge >= 0.3 is 0 Å². The molecule has 0 amide bonds. The second-order valence-corrected chi connectivity index (χ2v) is 16.0. The van der Waals surface area contributed by atoms with Crippen LogP contribution in [0, 0.1) is 0 Å². The first kappa shape index (κ1) is 31.4. The third-order valence-electron chi connectivity index (χ3n) is 12.6. The van der Waals surface area contributed by atoms with E-state index in [1.807, 2.05) is 0 Å². The first-order chi connectivity index (χ1) is 27.5. The van der Waals surface area contributed by atoms with E-state index in [9.17, 15) is 0 Å². The van der Waals surface area contributed by atoms with E-state index >= 15 is 0 Å². The van der Waals surface area contributed by atoms with Crippen LogP contribution < -0.4 is 0 Å². The van der Waals surface area contributed by atoms with E-state index in [0.29, 0.717) is 0 Å². The fourth-order valence-electron chi connectivity index (χ4n) is 10.0. The molecular weight excluding hydrogens is 677 g/mol. The molecular formula is C55H36O. The molecule has 1 aliphatic carbocycles. The van der Waals surface area contributed by atoms with Crippen LogP contribution >= 0.6 is 0 Å². The molecule has 1 heteroatoms. The minimum Gasteiger partial charge on any atom is -0.455 e. The predicted molar refractivity (Wildman–Crippen MR) is 238 cm³/mol. The van der Waals surface area contributed by atoms with Crippen molar-refractivity contribution in [2.75, 3.05) is 0 Å². The number of benzene rings is 10. The topological polar surface area (TPSA) is 13.1 Å². The molecule has 56 heavy (non-hydrogen) atoms. The quantitative estimate of drug-likeness (QED) is 0.166. The Hall–Kier alpha value is -6.96. The van der Waals surface area contributed by atoms with Crippen molar-refractivity contribution in [1.82, 2.24) is 0 Å². The van der Waals surface area contributed by atoms with Crippen molar-refractivity contribution in [3.05, 3.63) is 193 Å². The van der Waals surface area contributed by atoms with E-state index in [1.54, 1.807) is 0 Å². The average molecular weight is 713 g/mol. The maximum atomic E-state index is 7.10. The molecule has 262 valence electrons. The van der Waals surface area contributed by atoms with Gasteiger partial charge in [-0.3, -0.25) is 0 Å². The highest BCUT2D eigenvalue weighted by molar-refractivity contribution is 6.23. The molecule has 0 N–H and O–H groups in total. The Morgan fingerprint density at radius 3 is 1.61 bits per heavy atom. The van der Waals surface area contributed by atoms with Crippen LogP contribution in [0.5, 0.6) is 0 Å². The Kier molecular flexibility index (Phi) is 6.46. The van der Waals surface area contributed by atoms with Crippen molar-refractivity contribution in [2.45, 2.75) is 19.3 Å². The zero-order valence-corrected chi connectivity index (χ0v) is 31.2. The van der Waals surface area contributed by atoms with Gasteiger partial charge in [-0.25, -0.2) is 0 Å². The van der Waals surface area contributed by atoms with Crippen LogP contribution in [0.25, 0.3) is 110 Å². The molecule has 0 saturated carbocycles. The molecule has 0 bridgehead atoms.